The topological polar surface area (TPSA) is 174 Å². The van der Waals surface area contributed by atoms with Crippen LogP contribution >= 0.6 is 0 Å². The van der Waals surface area contributed by atoms with Crippen LogP contribution in [-0.2, 0) is 22.4 Å². The summed E-state index contributed by atoms with van der Waals surface area (Å²) in [5.74, 6) is 2.14. The molecule has 0 fully saturated rings. The molecule has 0 radical (unpaired) electrons. The summed E-state index contributed by atoms with van der Waals surface area (Å²) in [6.45, 7) is 3.59. The van der Waals surface area contributed by atoms with Crippen LogP contribution in [0.2, 0.25) is 0 Å². The van der Waals surface area contributed by atoms with Gasteiger partial charge in [0.25, 0.3) is 5.91 Å². The number of carboxylic acids is 2. The van der Waals surface area contributed by atoms with Crippen molar-refractivity contribution in [3.05, 3.63) is 76.9 Å². The fourth-order valence-electron chi connectivity index (χ4n) is 3.38. The molecule has 0 aromatic heterocycles. The molecule has 0 saturated carbocycles. The molecular weight excluding hydrogens is 472 g/mol. The van der Waals surface area contributed by atoms with E-state index in [0.29, 0.717) is 19.5 Å². The van der Waals surface area contributed by atoms with E-state index in [2.05, 4.69) is 17.2 Å². The van der Waals surface area contributed by atoms with Gasteiger partial charge in [0.05, 0.1) is 18.0 Å². The van der Waals surface area contributed by atoms with Crippen molar-refractivity contribution in [1.82, 2.24) is 10.3 Å². The van der Waals surface area contributed by atoms with Gasteiger partial charge >= 0.3 is 59.1 Å². The Labute approximate surface area is 247 Å². The summed E-state index contributed by atoms with van der Waals surface area (Å²) < 4.78 is 0. The summed E-state index contributed by atoms with van der Waals surface area (Å²) in [6.07, 6.45) is 0.861. The van der Waals surface area contributed by atoms with Crippen LogP contribution in [0, 0.1) is 5.41 Å². The predicted octanol–water partition coefficient (Wildman–Crippen LogP) is -7.09. The van der Waals surface area contributed by atoms with Gasteiger partial charge in [-0.15, -0.1) is 0 Å². The Morgan fingerprint density at radius 3 is 2.29 bits per heavy atom. The number of amides is 1. The van der Waals surface area contributed by atoms with Gasteiger partial charge in [0, 0.05) is 16.8 Å². The Balaban J connectivity index is 0.00000306. The van der Waals surface area contributed by atoms with E-state index >= 15 is 0 Å². The maximum atomic E-state index is 12.4. The molecule has 0 aliphatic carbocycles. The standard InChI is InChI=1S/C23H25N5O5.2Na/c1-13(22(30)31)10-19(23(32)33)27-21(29)16-7-4-14(5-8-16)2-3-15-6-9-18-17(11-15)20(24)28(25)12-26-18;;/h4-9,11,19,24,26H,1-3,10,12,25H2,(H,27,29)(H,30,31)(H,32,33);;/q;2*+1/p-2/t19-;;/m0../s1. The molecule has 35 heavy (non-hydrogen) atoms. The molecule has 0 saturated heterocycles. The smallest absolute Gasteiger partial charge is 0.548 e. The number of aryl methyl sites for hydroxylation is 2. The Bertz CT molecular complexity index is 1120. The maximum Gasteiger partial charge on any atom is 1.00 e. The minimum Gasteiger partial charge on any atom is -0.548 e. The zero-order valence-electron chi connectivity index (χ0n) is 19.7. The van der Waals surface area contributed by atoms with Crippen molar-refractivity contribution in [1.29, 1.82) is 5.41 Å². The van der Waals surface area contributed by atoms with Crippen molar-refractivity contribution in [3.63, 3.8) is 0 Å². The first-order chi connectivity index (χ1) is 15.7. The second kappa shape index (κ2) is 13.8. The number of rotatable bonds is 9. The van der Waals surface area contributed by atoms with Gasteiger partial charge in [0.2, 0.25) is 0 Å². The summed E-state index contributed by atoms with van der Waals surface area (Å²) in [6, 6.07) is 10.9. The molecule has 0 unspecified atom stereocenters. The number of carbonyl (C=O) groups is 3. The van der Waals surface area contributed by atoms with E-state index in [1.54, 1.807) is 24.3 Å². The van der Waals surface area contributed by atoms with Crippen LogP contribution in [0.4, 0.5) is 5.69 Å². The molecule has 1 aliphatic rings. The van der Waals surface area contributed by atoms with Gasteiger partial charge in [0.1, 0.15) is 12.5 Å². The molecule has 1 atom stereocenters. The summed E-state index contributed by atoms with van der Waals surface area (Å²) >= 11 is 0. The number of anilines is 1. The third-order valence-electron chi connectivity index (χ3n) is 5.31. The Hall–Kier alpha value is -2.18. The molecule has 1 heterocycles. The minimum absolute atomic E-state index is 0. The average molecular weight is 495 g/mol. The van der Waals surface area contributed by atoms with Crippen molar-refractivity contribution < 1.29 is 83.7 Å². The van der Waals surface area contributed by atoms with E-state index in [0.717, 1.165) is 22.4 Å². The molecule has 10 nitrogen and oxygen atoms in total. The number of aliphatic carboxylic acids is 2. The van der Waals surface area contributed by atoms with Gasteiger partial charge in [0.15, 0.2) is 0 Å². The van der Waals surface area contributed by atoms with Crippen LogP contribution in [0.3, 0.4) is 0 Å². The summed E-state index contributed by atoms with van der Waals surface area (Å²) in [5, 5.41) is 36.8. The van der Waals surface area contributed by atoms with Crippen LogP contribution in [0.5, 0.6) is 0 Å². The van der Waals surface area contributed by atoms with Crippen LogP contribution in [0.1, 0.15) is 33.5 Å². The molecule has 2 aromatic rings. The molecule has 12 heteroatoms. The second-order valence-electron chi connectivity index (χ2n) is 7.67. The molecular formula is C23H23N5Na2O5. The van der Waals surface area contributed by atoms with Gasteiger partial charge in [-0.2, -0.15) is 0 Å². The number of nitrogens with two attached hydrogens (primary N) is 1. The minimum atomic E-state index is -1.62. The van der Waals surface area contributed by atoms with E-state index in [4.69, 9.17) is 11.3 Å². The van der Waals surface area contributed by atoms with Crippen molar-refractivity contribution >= 4 is 29.4 Å². The predicted molar refractivity (Wildman–Crippen MR) is 117 cm³/mol. The normalized spacial score (nSPS) is 12.7. The van der Waals surface area contributed by atoms with Gasteiger partial charge < -0.3 is 30.4 Å². The summed E-state index contributed by atoms with van der Waals surface area (Å²) in [5.41, 5.74) is 3.35. The number of hydrazine groups is 1. The van der Waals surface area contributed by atoms with Gasteiger partial charge in [-0.1, -0.05) is 24.8 Å². The molecule has 5 N–H and O–H groups in total. The number of benzene rings is 2. The SMILES string of the molecule is C=C(C[C@H](NC(=O)c1ccc(CCc2ccc3c(c2)C(=N)N(N)CN3)cc1)C(=O)[O-])C(=O)[O-].[Na+].[Na+]. The number of fused-ring (bicyclic) bond motifs is 1. The third kappa shape index (κ3) is 8.18. The number of hydrogen-bond donors (Lipinski definition) is 4. The fraction of sp³-hybridized carbons (Fsp3) is 0.217. The van der Waals surface area contributed by atoms with E-state index in [-0.39, 0.29) is 70.5 Å². The quantitative estimate of drug-likeness (QED) is 0.151. The van der Waals surface area contributed by atoms with E-state index in [1.807, 2.05) is 18.2 Å². The maximum absolute atomic E-state index is 12.4. The molecule has 2 aromatic carbocycles. The number of nitrogens with one attached hydrogen (secondary N) is 3. The summed E-state index contributed by atoms with van der Waals surface area (Å²) in [7, 11) is 0. The number of amidine groups is 1. The van der Waals surface area contributed by atoms with Gasteiger partial charge in [-0.3, -0.25) is 15.2 Å². The van der Waals surface area contributed by atoms with E-state index < -0.39 is 35.9 Å². The molecule has 0 spiro atoms. The number of carboxylic acid groups (broad SMARTS) is 2. The third-order valence-corrected chi connectivity index (χ3v) is 5.31. The monoisotopic (exact) mass is 495 g/mol. The van der Waals surface area contributed by atoms with Crippen molar-refractivity contribution in [3.8, 4) is 0 Å². The Morgan fingerprint density at radius 2 is 1.69 bits per heavy atom. The van der Waals surface area contributed by atoms with Crippen molar-refractivity contribution in [2.24, 2.45) is 5.84 Å². The van der Waals surface area contributed by atoms with E-state index in [1.165, 1.54) is 5.01 Å². The molecule has 1 aliphatic heterocycles. The molecule has 172 valence electrons. The number of nitrogens with zero attached hydrogens (tertiary/aromatic N) is 1. The summed E-state index contributed by atoms with van der Waals surface area (Å²) in [4.78, 5) is 34.3. The van der Waals surface area contributed by atoms with Crippen LogP contribution in [0.25, 0.3) is 0 Å². The molecule has 1 amide bonds. The Morgan fingerprint density at radius 1 is 1.09 bits per heavy atom. The first-order valence-electron chi connectivity index (χ1n) is 10.1. The number of hydrogen-bond acceptors (Lipinski definition) is 8. The van der Waals surface area contributed by atoms with E-state index in [9.17, 15) is 24.6 Å². The Kier molecular flexibility index (Phi) is 12.2. The van der Waals surface area contributed by atoms with Crippen molar-refractivity contribution in [2.45, 2.75) is 25.3 Å². The molecule has 3 rings (SSSR count). The van der Waals surface area contributed by atoms with Gasteiger partial charge in [-0.05, 0) is 60.2 Å². The second-order valence-corrected chi connectivity index (χ2v) is 7.67. The zero-order valence-corrected chi connectivity index (χ0v) is 23.7. The van der Waals surface area contributed by atoms with Crippen molar-refractivity contribution in [2.75, 3.05) is 12.0 Å². The number of carbonyl (C=O) groups excluding carboxylic acids is 3. The van der Waals surface area contributed by atoms with Gasteiger partial charge in [-0.25, -0.2) is 5.84 Å². The first-order valence-corrected chi connectivity index (χ1v) is 10.1. The molecule has 0 bridgehead atoms. The van der Waals surface area contributed by atoms with Crippen LogP contribution in [0.15, 0.2) is 54.6 Å². The largest absolute Gasteiger partial charge is 1.00 e. The van der Waals surface area contributed by atoms with Crippen LogP contribution in [-0.4, -0.2) is 41.4 Å². The van der Waals surface area contributed by atoms with Crippen LogP contribution < -0.4 is 85.8 Å². The zero-order chi connectivity index (χ0) is 24.1. The average Bonchev–Trinajstić information content (AvgIpc) is 2.79. The fourth-order valence-corrected chi connectivity index (χ4v) is 3.38. The first kappa shape index (κ1) is 30.9.